The molecule has 3 heteroatoms. The lowest BCUT2D eigenvalue weighted by atomic mass is 9.94. The van der Waals surface area contributed by atoms with Crippen molar-refractivity contribution in [3.63, 3.8) is 0 Å². The maximum absolute atomic E-state index is 12.2. The van der Waals surface area contributed by atoms with Crippen LogP contribution < -0.4 is 0 Å². The fourth-order valence-corrected chi connectivity index (χ4v) is 2.47. The van der Waals surface area contributed by atoms with Gasteiger partial charge < -0.3 is 0 Å². The molecule has 1 aromatic carbocycles. The number of aromatic nitrogens is 2. The first-order chi connectivity index (χ1) is 8.67. The first kappa shape index (κ1) is 12.8. The van der Waals surface area contributed by atoms with E-state index in [-0.39, 0.29) is 5.92 Å². The Kier molecular flexibility index (Phi) is 3.80. The SMILES string of the molecule is CCC(CC)C(=O)Cc1nn(C)c2ccccc12. The minimum atomic E-state index is 0.172. The number of Topliss-reactive ketones (excluding diaryl/α,β-unsaturated/α-hetero) is 1. The minimum Gasteiger partial charge on any atom is -0.299 e. The lowest BCUT2D eigenvalue weighted by Crippen LogP contribution is -2.15. The van der Waals surface area contributed by atoms with Gasteiger partial charge in [-0.2, -0.15) is 5.10 Å². The summed E-state index contributed by atoms with van der Waals surface area (Å²) in [5, 5.41) is 5.57. The molecule has 3 nitrogen and oxygen atoms in total. The van der Waals surface area contributed by atoms with Crippen LogP contribution in [0.2, 0.25) is 0 Å². The second kappa shape index (κ2) is 5.34. The Morgan fingerprint density at radius 1 is 1.28 bits per heavy atom. The van der Waals surface area contributed by atoms with Crippen molar-refractivity contribution in [1.82, 2.24) is 9.78 Å². The van der Waals surface area contributed by atoms with Crippen LogP contribution in [0.4, 0.5) is 0 Å². The summed E-state index contributed by atoms with van der Waals surface area (Å²) in [4.78, 5) is 12.2. The van der Waals surface area contributed by atoms with Gasteiger partial charge in [-0.05, 0) is 18.9 Å². The summed E-state index contributed by atoms with van der Waals surface area (Å²) in [6.07, 6.45) is 2.29. The van der Waals surface area contributed by atoms with Crippen LogP contribution in [-0.4, -0.2) is 15.6 Å². The predicted molar refractivity (Wildman–Crippen MR) is 73.5 cm³/mol. The normalized spacial score (nSPS) is 11.3. The number of aryl methyl sites for hydroxylation is 1. The molecular weight excluding hydrogens is 224 g/mol. The van der Waals surface area contributed by atoms with E-state index < -0.39 is 0 Å². The first-order valence-corrected chi connectivity index (χ1v) is 6.60. The highest BCUT2D eigenvalue weighted by Crippen LogP contribution is 2.20. The average Bonchev–Trinajstić information content (AvgIpc) is 2.69. The maximum atomic E-state index is 12.2. The van der Waals surface area contributed by atoms with E-state index in [0.29, 0.717) is 12.2 Å². The molecule has 2 aromatic rings. The number of carbonyl (C=O) groups is 1. The fraction of sp³-hybridized carbons (Fsp3) is 0.467. The molecule has 0 amide bonds. The summed E-state index contributed by atoms with van der Waals surface area (Å²) in [5.74, 6) is 0.481. The van der Waals surface area contributed by atoms with E-state index in [1.807, 2.05) is 36.0 Å². The quantitative estimate of drug-likeness (QED) is 0.810. The Morgan fingerprint density at radius 3 is 2.61 bits per heavy atom. The average molecular weight is 244 g/mol. The standard InChI is InChI=1S/C15H20N2O/c1-4-11(5-2)15(18)10-13-12-8-6-7-9-14(12)17(3)16-13/h6-9,11H,4-5,10H2,1-3H3. The van der Waals surface area contributed by atoms with E-state index >= 15 is 0 Å². The van der Waals surface area contributed by atoms with E-state index in [9.17, 15) is 4.79 Å². The minimum absolute atomic E-state index is 0.172. The molecule has 0 spiro atoms. The molecule has 0 aliphatic heterocycles. The number of hydrogen-bond acceptors (Lipinski definition) is 2. The van der Waals surface area contributed by atoms with Gasteiger partial charge in [0.25, 0.3) is 0 Å². The van der Waals surface area contributed by atoms with E-state index in [1.54, 1.807) is 0 Å². The molecule has 0 aliphatic carbocycles. The van der Waals surface area contributed by atoms with Crippen LogP contribution in [0.15, 0.2) is 24.3 Å². The maximum Gasteiger partial charge on any atom is 0.141 e. The highest BCUT2D eigenvalue weighted by Gasteiger charge is 2.18. The highest BCUT2D eigenvalue weighted by molar-refractivity contribution is 5.89. The molecular formula is C15H20N2O. The van der Waals surface area contributed by atoms with Gasteiger partial charge in [-0.15, -0.1) is 0 Å². The predicted octanol–water partition coefficient (Wildman–Crippen LogP) is 3.12. The third-order valence-corrected chi connectivity index (χ3v) is 3.62. The number of para-hydroxylation sites is 1. The molecule has 0 aliphatic rings. The Balaban J connectivity index is 2.30. The summed E-state index contributed by atoms with van der Waals surface area (Å²) in [7, 11) is 1.92. The summed E-state index contributed by atoms with van der Waals surface area (Å²) in [6, 6.07) is 8.07. The van der Waals surface area contributed by atoms with Crippen molar-refractivity contribution in [1.29, 1.82) is 0 Å². The lowest BCUT2D eigenvalue weighted by Gasteiger charge is -2.09. The number of nitrogens with zero attached hydrogens (tertiary/aromatic N) is 2. The van der Waals surface area contributed by atoms with Crippen molar-refractivity contribution in [3.8, 4) is 0 Å². The first-order valence-electron chi connectivity index (χ1n) is 6.60. The molecule has 1 aromatic heterocycles. The zero-order valence-electron chi connectivity index (χ0n) is 11.3. The molecule has 0 fully saturated rings. The van der Waals surface area contributed by atoms with Crippen LogP contribution in [0.5, 0.6) is 0 Å². The Labute approximate surface area is 108 Å². The Hall–Kier alpha value is -1.64. The molecule has 0 radical (unpaired) electrons. The van der Waals surface area contributed by atoms with Crippen molar-refractivity contribution < 1.29 is 4.79 Å². The van der Waals surface area contributed by atoms with Crippen molar-refractivity contribution >= 4 is 16.7 Å². The molecule has 0 saturated carbocycles. The number of ketones is 1. The second-order valence-corrected chi connectivity index (χ2v) is 4.74. The van der Waals surface area contributed by atoms with Gasteiger partial charge >= 0.3 is 0 Å². The highest BCUT2D eigenvalue weighted by atomic mass is 16.1. The zero-order chi connectivity index (χ0) is 13.1. The molecule has 0 N–H and O–H groups in total. The van der Waals surface area contributed by atoms with Crippen molar-refractivity contribution in [2.75, 3.05) is 0 Å². The molecule has 0 atom stereocenters. The Morgan fingerprint density at radius 2 is 1.94 bits per heavy atom. The smallest absolute Gasteiger partial charge is 0.141 e. The van der Waals surface area contributed by atoms with Crippen LogP contribution in [-0.2, 0) is 18.3 Å². The van der Waals surface area contributed by atoms with Crippen molar-refractivity contribution in [2.45, 2.75) is 33.1 Å². The van der Waals surface area contributed by atoms with Crippen LogP contribution in [0.3, 0.4) is 0 Å². The van der Waals surface area contributed by atoms with E-state index in [0.717, 1.165) is 29.4 Å². The van der Waals surface area contributed by atoms with Gasteiger partial charge in [0.15, 0.2) is 0 Å². The third-order valence-electron chi connectivity index (χ3n) is 3.62. The summed E-state index contributed by atoms with van der Waals surface area (Å²) < 4.78 is 1.85. The number of benzene rings is 1. The van der Waals surface area contributed by atoms with Crippen LogP contribution >= 0.6 is 0 Å². The van der Waals surface area contributed by atoms with Gasteiger partial charge in [0.2, 0.25) is 0 Å². The summed E-state index contributed by atoms with van der Waals surface area (Å²) in [6.45, 7) is 4.14. The number of carbonyl (C=O) groups excluding carboxylic acids is 1. The zero-order valence-corrected chi connectivity index (χ0v) is 11.3. The van der Waals surface area contributed by atoms with Gasteiger partial charge in [0.05, 0.1) is 17.6 Å². The van der Waals surface area contributed by atoms with Crippen LogP contribution in [0, 0.1) is 5.92 Å². The van der Waals surface area contributed by atoms with Gasteiger partial charge in [-0.25, -0.2) is 0 Å². The van der Waals surface area contributed by atoms with E-state index in [1.165, 1.54) is 0 Å². The Bertz CT molecular complexity index is 553. The monoisotopic (exact) mass is 244 g/mol. The summed E-state index contributed by atoms with van der Waals surface area (Å²) >= 11 is 0. The topological polar surface area (TPSA) is 34.9 Å². The number of rotatable bonds is 5. The largest absolute Gasteiger partial charge is 0.299 e. The lowest BCUT2D eigenvalue weighted by molar-refractivity contribution is -0.122. The van der Waals surface area contributed by atoms with Crippen molar-refractivity contribution in [3.05, 3.63) is 30.0 Å². The van der Waals surface area contributed by atoms with Gasteiger partial charge in [-0.1, -0.05) is 32.0 Å². The van der Waals surface area contributed by atoms with Gasteiger partial charge in [0, 0.05) is 18.4 Å². The molecule has 0 bridgehead atoms. The van der Waals surface area contributed by atoms with Crippen LogP contribution in [0.25, 0.3) is 10.9 Å². The second-order valence-electron chi connectivity index (χ2n) is 4.74. The van der Waals surface area contributed by atoms with E-state index in [4.69, 9.17) is 0 Å². The number of hydrogen-bond donors (Lipinski definition) is 0. The van der Waals surface area contributed by atoms with Crippen molar-refractivity contribution in [2.24, 2.45) is 13.0 Å². The molecule has 2 rings (SSSR count). The molecule has 0 saturated heterocycles. The molecule has 1 heterocycles. The number of fused-ring (bicyclic) bond motifs is 1. The molecule has 0 unspecified atom stereocenters. The van der Waals surface area contributed by atoms with E-state index in [2.05, 4.69) is 18.9 Å². The van der Waals surface area contributed by atoms with Gasteiger partial charge in [-0.3, -0.25) is 9.48 Å². The van der Waals surface area contributed by atoms with Gasteiger partial charge in [0.1, 0.15) is 5.78 Å². The summed E-state index contributed by atoms with van der Waals surface area (Å²) in [5.41, 5.74) is 2.00. The van der Waals surface area contributed by atoms with Crippen LogP contribution in [0.1, 0.15) is 32.4 Å². The fourth-order valence-electron chi connectivity index (χ4n) is 2.47. The third kappa shape index (κ3) is 2.30. The molecule has 18 heavy (non-hydrogen) atoms. The molecule has 96 valence electrons.